The number of carbonyl (C=O) groups is 1. The lowest BCUT2D eigenvalue weighted by Crippen LogP contribution is -2.30. The number of amides is 1. The lowest BCUT2D eigenvalue weighted by molar-refractivity contribution is -0.115. The minimum atomic E-state index is -0.0832. The van der Waals surface area contributed by atoms with Crippen LogP contribution < -0.4 is 10.5 Å². The van der Waals surface area contributed by atoms with Gasteiger partial charge in [-0.3, -0.25) is 14.8 Å². The molecule has 0 saturated heterocycles. The molecule has 0 unspecified atom stereocenters. The van der Waals surface area contributed by atoms with E-state index in [1.807, 2.05) is 24.3 Å². The Labute approximate surface area is 193 Å². The first-order valence-corrected chi connectivity index (χ1v) is 12.9. The molecule has 7 heteroatoms. The molecule has 1 aromatic heterocycles. The molecular formula is C24H30N4OS2. The molecule has 0 radical (unpaired) electrons. The van der Waals surface area contributed by atoms with Gasteiger partial charge in [-0.2, -0.15) is 5.26 Å². The predicted molar refractivity (Wildman–Crippen MR) is 128 cm³/mol. The smallest absolute Gasteiger partial charge is 0.229 e. The third kappa shape index (κ3) is 5.69. The highest BCUT2D eigenvalue weighted by Gasteiger charge is 2.25. The summed E-state index contributed by atoms with van der Waals surface area (Å²) in [7, 11) is 0. The second-order valence-electron chi connectivity index (χ2n) is 8.65. The van der Waals surface area contributed by atoms with Crippen molar-refractivity contribution in [2.24, 2.45) is 11.1 Å². The van der Waals surface area contributed by atoms with Crippen LogP contribution in [0, 0.1) is 17.2 Å². The normalized spacial score (nSPS) is 17.5. The molecule has 4 rings (SSSR count). The van der Waals surface area contributed by atoms with Crippen molar-refractivity contribution in [2.75, 3.05) is 18.4 Å². The Bertz CT molecular complexity index is 942. The molecule has 31 heavy (non-hydrogen) atoms. The molecule has 3 N–H and O–H groups in total. The number of thiophene rings is 1. The summed E-state index contributed by atoms with van der Waals surface area (Å²) in [5, 5.41) is 19.1. The number of hydrogen-bond acceptors (Lipinski definition) is 6. The quantitative estimate of drug-likeness (QED) is 0.594. The molecular weight excluding hydrogens is 424 g/mol. The summed E-state index contributed by atoms with van der Waals surface area (Å²) < 4.78 is 0. The highest BCUT2D eigenvalue weighted by atomic mass is 32.2. The Balaban J connectivity index is 1.43. The van der Waals surface area contributed by atoms with Crippen LogP contribution in [-0.2, 0) is 24.2 Å². The van der Waals surface area contributed by atoms with Crippen molar-refractivity contribution >= 4 is 34.2 Å². The van der Waals surface area contributed by atoms with E-state index in [1.165, 1.54) is 48.9 Å². The minimum Gasteiger partial charge on any atom is -0.316 e. The van der Waals surface area contributed by atoms with Crippen LogP contribution in [0.4, 0.5) is 5.00 Å². The van der Waals surface area contributed by atoms with Crippen LogP contribution in [-0.4, -0.2) is 23.9 Å². The second-order valence-corrected chi connectivity index (χ2v) is 10.5. The maximum absolute atomic E-state index is 12.7. The summed E-state index contributed by atoms with van der Waals surface area (Å²) in [6, 6.07) is 10.1. The second kappa shape index (κ2) is 10.6. The van der Waals surface area contributed by atoms with Crippen LogP contribution in [0.15, 0.2) is 29.2 Å². The first-order valence-electron chi connectivity index (χ1n) is 11.2. The van der Waals surface area contributed by atoms with E-state index in [9.17, 15) is 10.1 Å². The van der Waals surface area contributed by atoms with Crippen molar-refractivity contribution in [3.63, 3.8) is 0 Å². The Morgan fingerprint density at radius 3 is 2.71 bits per heavy atom. The first kappa shape index (κ1) is 22.3. The number of nitrogens with zero attached hydrogens (tertiary/aromatic N) is 2. The maximum Gasteiger partial charge on any atom is 0.229 e. The van der Waals surface area contributed by atoms with Gasteiger partial charge in [-0.05, 0) is 73.4 Å². The molecule has 1 saturated carbocycles. The summed E-state index contributed by atoms with van der Waals surface area (Å²) in [4.78, 5) is 17.5. The molecule has 164 valence electrons. The first-order chi connectivity index (χ1) is 15.2. The molecule has 0 spiro atoms. The number of nitrogens with one attached hydrogen (secondary N) is 1. The van der Waals surface area contributed by atoms with Gasteiger partial charge in [0.2, 0.25) is 5.91 Å². The molecule has 0 atom stereocenters. The Morgan fingerprint density at radius 1 is 1.23 bits per heavy atom. The highest BCUT2D eigenvalue weighted by molar-refractivity contribution is 7.97. The molecule has 1 aromatic carbocycles. The van der Waals surface area contributed by atoms with Gasteiger partial charge < -0.3 is 5.32 Å². The van der Waals surface area contributed by atoms with Gasteiger partial charge in [-0.1, -0.05) is 31.4 Å². The van der Waals surface area contributed by atoms with E-state index in [0.717, 1.165) is 54.4 Å². The fraction of sp³-hybridized carbons (Fsp3) is 0.500. The van der Waals surface area contributed by atoms with E-state index >= 15 is 0 Å². The zero-order chi connectivity index (χ0) is 21.6. The maximum atomic E-state index is 12.7. The lowest BCUT2D eigenvalue weighted by Gasteiger charge is -2.28. The summed E-state index contributed by atoms with van der Waals surface area (Å²) in [6.07, 6.45) is 9.10. The van der Waals surface area contributed by atoms with Crippen LogP contribution in [0.5, 0.6) is 0 Å². The number of anilines is 1. The Hall–Kier alpha value is -1.85. The number of carbonyl (C=O) groups excluding carboxylic acids is 1. The van der Waals surface area contributed by atoms with E-state index in [-0.39, 0.29) is 12.3 Å². The van der Waals surface area contributed by atoms with E-state index in [1.54, 1.807) is 11.3 Å². The highest BCUT2D eigenvalue weighted by Crippen LogP contribution is 2.37. The third-order valence-electron chi connectivity index (χ3n) is 6.39. The van der Waals surface area contributed by atoms with Crippen molar-refractivity contribution in [2.45, 2.75) is 62.8 Å². The molecule has 2 aliphatic rings. The molecule has 1 aliphatic carbocycles. The van der Waals surface area contributed by atoms with Gasteiger partial charge in [0, 0.05) is 22.9 Å². The number of fused-ring (bicyclic) bond motifs is 1. The number of hydrogen-bond donors (Lipinski definition) is 2. The lowest BCUT2D eigenvalue weighted by atomic mass is 9.89. The molecule has 0 bridgehead atoms. The van der Waals surface area contributed by atoms with Crippen molar-refractivity contribution in [1.82, 2.24) is 4.90 Å². The standard InChI is InChI=1S/C24H30N4OS2/c25-14-21-20-7-4-12-28(15-18-5-2-1-3-6-18)16-22(20)30-24(21)27-23(29)13-17-8-10-19(31-26)11-9-17/h8-11,18H,1-7,12-13,15-16,26H2,(H,27,29). The summed E-state index contributed by atoms with van der Waals surface area (Å²) >= 11 is 2.79. The minimum absolute atomic E-state index is 0.0832. The van der Waals surface area contributed by atoms with Crippen LogP contribution >= 0.6 is 23.3 Å². The third-order valence-corrected chi connectivity index (χ3v) is 8.07. The van der Waals surface area contributed by atoms with Gasteiger partial charge in [-0.15, -0.1) is 11.3 Å². The Morgan fingerprint density at radius 2 is 2.00 bits per heavy atom. The largest absolute Gasteiger partial charge is 0.316 e. The van der Waals surface area contributed by atoms with Gasteiger partial charge in [0.25, 0.3) is 0 Å². The molecule has 5 nitrogen and oxygen atoms in total. The van der Waals surface area contributed by atoms with Gasteiger partial charge in [0.15, 0.2) is 0 Å². The number of benzene rings is 1. The number of rotatable bonds is 6. The fourth-order valence-corrected chi connectivity index (χ4v) is 6.35. The topological polar surface area (TPSA) is 82.1 Å². The summed E-state index contributed by atoms with van der Waals surface area (Å²) in [6.45, 7) is 3.17. The van der Waals surface area contributed by atoms with Crippen molar-refractivity contribution in [3.05, 3.63) is 45.8 Å². The average Bonchev–Trinajstić information content (AvgIpc) is 2.97. The molecule has 2 aromatic rings. The zero-order valence-corrected chi connectivity index (χ0v) is 19.5. The van der Waals surface area contributed by atoms with Gasteiger partial charge in [-0.25, -0.2) is 0 Å². The van der Waals surface area contributed by atoms with E-state index in [0.29, 0.717) is 10.6 Å². The van der Waals surface area contributed by atoms with Crippen molar-refractivity contribution in [3.8, 4) is 6.07 Å². The van der Waals surface area contributed by atoms with Crippen LogP contribution in [0.2, 0.25) is 0 Å². The predicted octanol–water partition coefficient (Wildman–Crippen LogP) is 5.10. The molecule has 2 heterocycles. The average molecular weight is 455 g/mol. The van der Waals surface area contributed by atoms with E-state index in [4.69, 9.17) is 5.14 Å². The monoisotopic (exact) mass is 454 g/mol. The molecule has 1 fully saturated rings. The molecule has 1 amide bonds. The van der Waals surface area contributed by atoms with E-state index < -0.39 is 0 Å². The summed E-state index contributed by atoms with van der Waals surface area (Å²) in [5.74, 6) is 0.731. The van der Waals surface area contributed by atoms with Gasteiger partial charge >= 0.3 is 0 Å². The SMILES string of the molecule is N#Cc1c(NC(=O)Cc2ccc(SN)cc2)sc2c1CCCN(CC1CCCCC1)C2. The zero-order valence-electron chi connectivity index (χ0n) is 17.9. The molecule has 1 aliphatic heterocycles. The number of nitriles is 1. The van der Waals surface area contributed by atoms with Crippen LogP contribution in [0.1, 0.15) is 60.1 Å². The fourth-order valence-electron chi connectivity index (χ4n) is 4.81. The van der Waals surface area contributed by atoms with Crippen molar-refractivity contribution in [1.29, 1.82) is 5.26 Å². The van der Waals surface area contributed by atoms with Gasteiger partial charge in [0.05, 0.1) is 12.0 Å². The summed E-state index contributed by atoms with van der Waals surface area (Å²) in [5.41, 5.74) is 2.76. The van der Waals surface area contributed by atoms with E-state index in [2.05, 4.69) is 16.3 Å². The van der Waals surface area contributed by atoms with Gasteiger partial charge in [0.1, 0.15) is 11.1 Å². The van der Waals surface area contributed by atoms with Crippen molar-refractivity contribution < 1.29 is 4.79 Å². The van der Waals surface area contributed by atoms with Crippen LogP contribution in [0.25, 0.3) is 0 Å². The van der Waals surface area contributed by atoms with Crippen LogP contribution in [0.3, 0.4) is 0 Å². The number of nitrogens with two attached hydrogens (primary N) is 1. The Kier molecular flexibility index (Phi) is 7.67.